The summed E-state index contributed by atoms with van der Waals surface area (Å²) in [6, 6.07) is 18.2. The van der Waals surface area contributed by atoms with Gasteiger partial charge in [-0.15, -0.1) is 0 Å². The number of halogens is 1. The van der Waals surface area contributed by atoms with Crippen molar-refractivity contribution in [3.05, 3.63) is 89.2 Å². The molecule has 3 aromatic carbocycles. The van der Waals surface area contributed by atoms with E-state index in [-0.39, 0.29) is 23.4 Å². The fourth-order valence-corrected chi connectivity index (χ4v) is 3.90. The predicted octanol–water partition coefficient (Wildman–Crippen LogP) is 5.84. The van der Waals surface area contributed by atoms with Crippen molar-refractivity contribution in [1.29, 1.82) is 0 Å². The van der Waals surface area contributed by atoms with E-state index in [4.69, 9.17) is 4.74 Å². The Morgan fingerprint density at radius 3 is 2.22 bits per heavy atom. The average Bonchev–Trinajstić information content (AvgIpc) is 2.86. The third-order valence-electron chi connectivity index (χ3n) is 6.30. The van der Waals surface area contributed by atoms with Gasteiger partial charge < -0.3 is 19.9 Å². The van der Waals surface area contributed by atoms with Gasteiger partial charge in [0.1, 0.15) is 11.6 Å². The number of nitrogens with zero attached hydrogens (tertiary/aromatic N) is 2. The van der Waals surface area contributed by atoms with Gasteiger partial charge in [-0.1, -0.05) is 19.9 Å². The highest BCUT2D eigenvalue weighted by molar-refractivity contribution is 6.04. The number of ether oxygens (including phenoxy) is 1. The normalized spacial score (nSPS) is 11.7. The lowest BCUT2D eigenvalue weighted by Crippen LogP contribution is -2.41. The van der Waals surface area contributed by atoms with Gasteiger partial charge in [-0.2, -0.15) is 0 Å². The van der Waals surface area contributed by atoms with Crippen LogP contribution in [-0.4, -0.2) is 44.0 Å². The molecule has 1 N–H and O–H groups in total. The van der Waals surface area contributed by atoms with Crippen LogP contribution in [0.4, 0.5) is 15.8 Å². The van der Waals surface area contributed by atoms with Crippen molar-refractivity contribution in [3.63, 3.8) is 0 Å². The van der Waals surface area contributed by atoms with E-state index in [1.165, 1.54) is 18.2 Å². The molecule has 190 valence electrons. The van der Waals surface area contributed by atoms with E-state index in [0.717, 1.165) is 11.3 Å². The number of anilines is 2. The van der Waals surface area contributed by atoms with Gasteiger partial charge >= 0.3 is 0 Å². The van der Waals surface area contributed by atoms with Gasteiger partial charge in [-0.05, 0) is 79.1 Å². The Morgan fingerprint density at radius 1 is 0.944 bits per heavy atom. The maximum Gasteiger partial charge on any atom is 0.255 e. The SMILES string of the molecule is COc1ccc(C(=O)N(Cc2cc(NC(=O)c3cccc(F)c3)ccc2N(C)C)[C@H](C)C(C)C)cc1. The molecule has 6 nitrogen and oxygen atoms in total. The van der Waals surface area contributed by atoms with E-state index >= 15 is 0 Å². The number of carbonyl (C=O) groups excluding carboxylic acids is 2. The number of benzene rings is 3. The smallest absolute Gasteiger partial charge is 0.255 e. The van der Waals surface area contributed by atoms with Crippen molar-refractivity contribution < 1.29 is 18.7 Å². The fraction of sp³-hybridized carbons (Fsp3) is 0.310. The quantitative estimate of drug-likeness (QED) is 0.409. The van der Waals surface area contributed by atoms with Crippen LogP contribution < -0.4 is 15.0 Å². The molecule has 3 rings (SSSR count). The van der Waals surface area contributed by atoms with Crippen molar-refractivity contribution in [2.24, 2.45) is 5.92 Å². The summed E-state index contributed by atoms with van der Waals surface area (Å²) in [6.45, 7) is 6.56. The van der Waals surface area contributed by atoms with Crippen LogP contribution >= 0.6 is 0 Å². The third kappa shape index (κ3) is 6.42. The Balaban J connectivity index is 1.94. The van der Waals surface area contributed by atoms with Gasteiger partial charge in [0.2, 0.25) is 0 Å². The van der Waals surface area contributed by atoms with Gasteiger partial charge in [0.05, 0.1) is 7.11 Å². The van der Waals surface area contributed by atoms with Crippen LogP contribution in [0.2, 0.25) is 0 Å². The number of nitrogens with one attached hydrogen (secondary N) is 1. The summed E-state index contributed by atoms with van der Waals surface area (Å²) >= 11 is 0. The number of amides is 2. The Labute approximate surface area is 212 Å². The number of carbonyl (C=O) groups is 2. The van der Waals surface area contributed by atoms with E-state index in [2.05, 4.69) is 19.2 Å². The fourth-order valence-electron chi connectivity index (χ4n) is 3.90. The molecule has 0 saturated carbocycles. The second-order valence-corrected chi connectivity index (χ2v) is 9.35. The number of hydrogen-bond acceptors (Lipinski definition) is 4. The Kier molecular flexibility index (Phi) is 8.69. The number of rotatable bonds is 9. The van der Waals surface area contributed by atoms with E-state index in [1.807, 2.05) is 43.0 Å². The summed E-state index contributed by atoms with van der Waals surface area (Å²) in [6.07, 6.45) is 0. The number of hydrogen-bond donors (Lipinski definition) is 1. The topological polar surface area (TPSA) is 61.9 Å². The molecule has 1 atom stereocenters. The lowest BCUT2D eigenvalue weighted by molar-refractivity contribution is 0.0628. The van der Waals surface area contributed by atoms with Crippen molar-refractivity contribution in [3.8, 4) is 5.75 Å². The molecule has 0 heterocycles. The standard InChI is InChI=1S/C29H34FN3O3/c1-19(2)20(3)33(29(35)21-10-13-26(36-6)14-11-21)18-23-17-25(12-15-27(23)32(4)5)31-28(34)22-8-7-9-24(30)16-22/h7-17,19-20H,18H2,1-6H3,(H,31,34)/t20-/m1/s1. The molecule has 0 saturated heterocycles. The van der Waals surface area contributed by atoms with Gasteiger partial charge in [-0.3, -0.25) is 9.59 Å². The molecule has 0 unspecified atom stereocenters. The molecule has 3 aromatic rings. The van der Waals surface area contributed by atoms with Crippen molar-refractivity contribution in [2.75, 3.05) is 31.4 Å². The molecule has 0 aliphatic heterocycles. The summed E-state index contributed by atoms with van der Waals surface area (Å²) in [7, 11) is 5.46. The highest BCUT2D eigenvalue weighted by Crippen LogP contribution is 2.28. The van der Waals surface area contributed by atoms with Crippen LogP contribution in [0.1, 0.15) is 47.1 Å². The second-order valence-electron chi connectivity index (χ2n) is 9.35. The molecule has 0 fully saturated rings. The predicted molar refractivity (Wildman–Crippen MR) is 142 cm³/mol. The largest absolute Gasteiger partial charge is 0.497 e. The Morgan fingerprint density at radius 2 is 1.64 bits per heavy atom. The summed E-state index contributed by atoms with van der Waals surface area (Å²) in [5.41, 5.74) is 3.19. The molecular formula is C29H34FN3O3. The molecule has 0 spiro atoms. The first-order valence-corrected chi connectivity index (χ1v) is 11.9. The maximum absolute atomic E-state index is 13.6. The molecule has 0 radical (unpaired) electrons. The van der Waals surface area contributed by atoms with Gasteiger partial charge in [-0.25, -0.2) is 4.39 Å². The van der Waals surface area contributed by atoms with Crippen LogP contribution in [-0.2, 0) is 6.54 Å². The monoisotopic (exact) mass is 491 g/mol. The van der Waals surface area contributed by atoms with Crippen molar-refractivity contribution in [1.82, 2.24) is 4.90 Å². The molecular weight excluding hydrogens is 457 g/mol. The van der Waals surface area contributed by atoms with Gasteiger partial charge in [0, 0.05) is 49.2 Å². The van der Waals surface area contributed by atoms with Gasteiger partial charge in [0.15, 0.2) is 0 Å². The Hall–Kier alpha value is -3.87. The zero-order valence-corrected chi connectivity index (χ0v) is 21.7. The van der Waals surface area contributed by atoms with E-state index < -0.39 is 11.7 Å². The first kappa shape index (κ1) is 26.7. The molecule has 0 aromatic heterocycles. The minimum absolute atomic E-state index is 0.0415. The minimum Gasteiger partial charge on any atom is -0.497 e. The first-order valence-electron chi connectivity index (χ1n) is 11.9. The van der Waals surface area contributed by atoms with Crippen LogP contribution in [0.3, 0.4) is 0 Å². The second kappa shape index (κ2) is 11.7. The summed E-state index contributed by atoms with van der Waals surface area (Å²) < 4.78 is 18.8. The first-order chi connectivity index (χ1) is 17.1. The maximum atomic E-state index is 13.6. The average molecular weight is 492 g/mol. The van der Waals surface area contributed by atoms with Crippen LogP contribution in [0, 0.1) is 11.7 Å². The molecule has 0 aliphatic rings. The zero-order valence-electron chi connectivity index (χ0n) is 21.7. The van der Waals surface area contributed by atoms with Crippen LogP contribution in [0.15, 0.2) is 66.7 Å². The highest BCUT2D eigenvalue weighted by atomic mass is 19.1. The zero-order chi connectivity index (χ0) is 26.4. The van der Waals surface area contributed by atoms with Crippen LogP contribution in [0.25, 0.3) is 0 Å². The van der Waals surface area contributed by atoms with E-state index in [0.29, 0.717) is 23.5 Å². The van der Waals surface area contributed by atoms with Gasteiger partial charge in [0.25, 0.3) is 11.8 Å². The highest BCUT2D eigenvalue weighted by Gasteiger charge is 2.25. The summed E-state index contributed by atoms with van der Waals surface area (Å²) in [5.74, 6) is -0.0447. The third-order valence-corrected chi connectivity index (χ3v) is 6.30. The molecule has 2 amide bonds. The van der Waals surface area contributed by atoms with Crippen LogP contribution in [0.5, 0.6) is 5.75 Å². The van der Waals surface area contributed by atoms with Crippen molar-refractivity contribution in [2.45, 2.75) is 33.4 Å². The molecule has 7 heteroatoms. The van der Waals surface area contributed by atoms with E-state index in [1.54, 1.807) is 43.5 Å². The lowest BCUT2D eigenvalue weighted by Gasteiger charge is -2.33. The van der Waals surface area contributed by atoms with Crippen molar-refractivity contribution >= 4 is 23.2 Å². The molecule has 0 aliphatic carbocycles. The molecule has 36 heavy (non-hydrogen) atoms. The minimum atomic E-state index is -0.471. The number of methoxy groups -OCH3 is 1. The molecule has 0 bridgehead atoms. The van der Waals surface area contributed by atoms with E-state index in [9.17, 15) is 14.0 Å². The summed E-state index contributed by atoms with van der Waals surface area (Å²) in [4.78, 5) is 30.2. The lowest BCUT2D eigenvalue weighted by atomic mass is 10.0. The Bertz CT molecular complexity index is 1210. The summed E-state index contributed by atoms with van der Waals surface area (Å²) in [5, 5.41) is 2.85.